The fraction of sp³-hybridized carbons (Fsp3) is 0.778. The molecule has 3 heterocycles. The van der Waals surface area contributed by atoms with Crippen LogP contribution in [-0.2, 0) is 4.74 Å². The van der Waals surface area contributed by atoms with E-state index in [0.29, 0.717) is 37.6 Å². The maximum absolute atomic E-state index is 12.1. The minimum absolute atomic E-state index is 0.00810. The van der Waals surface area contributed by atoms with E-state index in [9.17, 15) is 14.8 Å². The van der Waals surface area contributed by atoms with Crippen molar-refractivity contribution in [2.45, 2.75) is 82.5 Å². The zero-order valence-electron chi connectivity index (χ0n) is 16.4. The molecule has 1 aromatic rings. The summed E-state index contributed by atoms with van der Waals surface area (Å²) in [5, 5.41) is 21.9. The number of fused-ring (bicyclic) bond motifs is 2. The van der Waals surface area contributed by atoms with Crippen molar-refractivity contribution in [2.24, 2.45) is 0 Å². The highest BCUT2D eigenvalue weighted by Crippen LogP contribution is 2.39. The van der Waals surface area contributed by atoms with Crippen molar-refractivity contribution in [1.29, 1.82) is 0 Å². The predicted molar refractivity (Wildman–Crippen MR) is 95.5 cm³/mol. The SMILES string of the molecule is CC(C)(C)OC(=O)N[C@@H]1CC[C@H](c2nnc([C@@H]3CC[C@H]4CN3C(=O)N4O)o2)C1. The molecule has 4 rings (SSSR count). The van der Waals surface area contributed by atoms with Crippen LogP contribution in [0.4, 0.5) is 9.59 Å². The third-order valence-corrected chi connectivity index (χ3v) is 5.59. The Morgan fingerprint density at radius 2 is 1.96 bits per heavy atom. The Kier molecular flexibility index (Phi) is 4.68. The van der Waals surface area contributed by atoms with Gasteiger partial charge in [-0.3, -0.25) is 5.21 Å². The molecule has 2 N–H and O–H groups in total. The van der Waals surface area contributed by atoms with Gasteiger partial charge in [0.2, 0.25) is 11.8 Å². The third-order valence-electron chi connectivity index (χ3n) is 5.59. The Bertz CT molecular complexity index is 760. The van der Waals surface area contributed by atoms with Crippen LogP contribution in [0, 0.1) is 0 Å². The fourth-order valence-electron chi connectivity index (χ4n) is 4.26. The van der Waals surface area contributed by atoms with Crippen LogP contribution in [0.5, 0.6) is 0 Å². The third kappa shape index (κ3) is 3.65. The van der Waals surface area contributed by atoms with E-state index in [1.54, 1.807) is 4.90 Å². The summed E-state index contributed by atoms with van der Waals surface area (Å²) >= 11 is 0. The number of alkyl carbamates (subject to hydrolysis) is 1. The Balaban J connectivity index is 1.36. The highest BCUT2D eigenvalue weighted by molar-refractivity contribution is 5.76. The van der Waals surface area contributed by atoms with Gasteiger partial charge in [0.1, 0.15) is 11.6 Å². The summed E-state index contributed by atoms with van der Waals surface area (Å²) in [5.41, 5.74) is -0.528. The first-order valence-electron chi connectivity index (χ1n) is 9.83. The van der Waals surface area contributed by atoms with Crippen LogP contribution in [0.1, 0.15) is 76.6 Å². The first-order valence-corrected chi connectivity index (χ1v) is 9.83. The number of ether oxygens (including phenoxy) is 1. The van der Waals surface area contributed by atoms with Gasteiger partial charge in [-0.1, -0.05) is 0 Å². The average Bonchev–Trinajstić information content (AvgIpc) is 3.31. The molecule has 1 aromatic heterocycles. The molecule has 2 saturated heterocycles. The minimum Gasteiger partial charge on any atom is -0.444 e. The Morgan fingerprint density at radius 1 is 1.21 bits per heavy atom. The first kappa shape index (κ1) is 19.0. The molecule has 28 heavy (non-hydrogen) atoms. The van der Waals surface area contributed by atoms with Crippen LogP contribution in [0.15, 0.2) is 4.42 Å². The van der Waals surface area contributed by atoms with Gasteiger partial charge in [0, 0.05) is 18.5 Å². The number of rotatable bonds is 3. The highest BCUT2D eigenvalue weighted by atomic mass is 16.6. The quantitative estimate of drug-likeness (QED) is 0.757. The molecule has 0 spiro atoms. The van der Waals surface area contributed by atoms with Crippen LogP contribution >= 0.6 is 0 Å². The maximum Gasteiger partial charge on any atom is 0.407 e. The van der Waals surface area contributed by atoms with Crippen LogP contribution in [-0.4, -0.2) is 61.7 Å². The molecule has 2 aliphatic heterocycles. The van der Waals surface area contributed by atoms with Gasteiger partial charge in [0.15, 0.2) is 0 Å². The van der Waals surface area contributed by atoms with E-state index in [4.69, 9.17) is 9.15 Å². The zero-order valence-corrected chi connectivity index (χ0v) is 16.4. The number of hydroxylamine groups is 2. The Morgan fingerprint density at radius 3 is 2.71 bits per heavy atom. The van der Waals surface area contributed by atoms with Crippen molar-refractivity contribution < 1.29 is 24.0 Å². The Hall–Kier alpha value is -2.36. The van der Waals surface area contributed by atoms with E-state index >= 15 is 0 Å². The van der Waals surface area contributed by atoms with Crippen LogP contribution in [0.25, 0.3) is 0 Å². The second-order valence-electron chi connectivity index (χ2n) is 8.86. The number of aromatic nitrogens is 2. The van der Waals surface area contributed by atoms with Crippen molar-refractivity contribution >= 4 is 12.1 Å². The van der Waals surface area contributed by atoms with E-state index < -0.39 is 17.7 Å². The van der Waals surface area contributed by atoms with Gasteiger partial charge >= 0.3 is 12.1 Å². The number of nitrogens with zero attached hydrogens (tertiary/aromatic N) is 4. The largest absolute Gasteiger partial charge is 0.444 e. The van der Waals surface area contributed by atoms with Crippen LogP contribution in [0.3, 0.4) is 0 Å². The first-order chi connectivity index (χ1) is 13.2. The lowest BCUT2D eigenvalue weighted by molar-refractivity contribution is -0.0584. The second-order valence-corrected chi connectivity index (χ2v) is 8.86. The van der Waals surface area contributed by atoms with E-state index in [-0.39, 0.29) is 24.0 Å². The Labute approximate surface area is 163 Å². The molecule has 3 aliphatic rings. The highest BCUT2D eigenvalue weighted by Gasteiger charge is 2.46. The van der Waals surface area contributed by atoms with Gasteiger partial charge in [-0.25, -0.2) is 14.7 Å². The summed E-state index contributed by atoms with van der Waals surface area (Å²) in [6.45, 7) is 5.97. The number of hydrogen-bond acceptors (Lipinski definition) is 7. The summed E-state index contributed by atoms with van der Waals surface area (Å²) in [7, 11) is 0. The molecule has 10 nitrogen and oxygen atoms in total. The fourth-order valence-corrected chi connectivity index (χ4v) is 4.26. The van der Waals surface area contributed by atoms with E-state index in [1.165, 1.54) is 0 Å². The normalized spacial score (nSPS) is 30.1. The van der Waals surface area contributed by atoms with Crippen LogP contribution in [0.2, 0.25) is 0 Å². The molecular formula is C18H27N5O5. The van der Waals surface area contributed by atoms with Gasteiger partial charge in [-0.05, 0) is 52.9 Å². The molecule has 154 valence electrons. The maximum atomic E-state index is 12.1. The number of carbonyl (C=O) groups is 2. The van der Waals surface area contributed by atoms with E-state index in [1.807, 2.05) is 20.8 Å². The topological polar surface area (TPSA) is 121 Å². The van der Waals surface area contributed by atoms with Gasteiger partial charge in [-0.2, -0.15) is 0 Å². The monoisotopic (exact) mass is 393 g/mol. The number of carbonyl (C=O) groups excluding carboxylic acids is 2. The summed E-state index contributed by atoms with van der Waals surface area (Å²) in [5.74, 6) is 1.03. The zero-order chi connectivity index (χ0) is 20.1. The molecule has 0 unspecified atom stereocenters. The van der Waals surface area contributed by atoms with Gasteiger partial charge in [0.25, 0.3) is 0 Å². The lowest BCUT2D eigenvalue weighted by Crippen LogP contribution is -2.37. The molecule has 3 fully saturated rings. The standard InChI is InChI=1S/C18H27N5O5/c1-18(2,3)28-16(24)19-11-5-4-10(8-11)14-20-21-15(27-14)13-7-6-12-9-22(13)17(25)23(12)26/h10-13,26H,4-9H2,1-3H3,(H,19,24)/t10-,11+,12-,13-/m0/s1. The molecule has 4 atom stereocenters. The van der Waals surface area contributed by atoms with Crippen molar-refractivity contribution in [2.75, 3.05) is 6.54 Å². The number of hydrogen-bond donors (Lipinski definition) is 2. The molecule has 10 heteroatoms. The predicted octanol–water partition coefficient (Wildman–Crippen LogP) is 2.56. The molecule has 0 aromatic carbocycles. The summed E-state index contributed by atoms with van der Waals surface area (Å²) < 4.78 is 11.2. The molecule has 1 aliphatic carbocycles. The van der Waals surface area contributed by atoms with Crippen molar-refractivity contribution in [3.05, 3.63) is 11.8 Å². The molecular weight excluding hydrogens is 366 g/mol. The van der Waals surface area contributed by atoms with Crippen molar-refractivity contribution in [3.8, 4) is 0 Å². The number of piperidine rings is 1. The smallest absolute Gasteiger partial charge is 0.407 e. The second kappa shape index (κ2) is 6.91. The summed E-state index contributed by atoms with van der Waals surface area (Å²) in [6.07, 6.45) is 3.33. The lowest BCUT2D eigenvalue weighted by Gasteiger charge is -2.27. The molecule has 3 amide bonds. The van der Waals surface area contributed by atoms with Crippen molar-refractivity contribution in [3.63, 3.8) is 0 Å². The number of amides is 3. The summed E-state index contributed by atoms with van der Waals surface area (Å²) in [6, 6.07) is -0.844. The van der Waals surface area contributed by atoms with Gasteiger partial charge in [0.05, 0.1) is 6.04 Å². The molecule has 1 saturated carbocycles. The lowest BCUT2D eigenvalue weighted by atomic mass is 10.0. The number of urea groups is 1. The summed E-state index contributed by atoms with van der Waals surface area (Å²) in [4.78, 5) is 25.7. The van der Waals surface area contributed by atoms with E-state index in [2.05, 4.69) is 15.5 Å². The number of nitrogens with one attached hydrogen (secondary N) is 1. The molecule has 0 radical (unpaired) electrons. The van der Waals surface area contributed by atoms with Crippen molar-refractivity contribution in [1.82, 2.24) is 25.5 Å². The van der Waals surface area contributed by atoms with Crippen LogP contribution < -0.4 is 5.32 Å². The molecule has 2 bridgehead atoms. The van der Waals surface area contributed by atoms with Gasteiger partial charge < -0.3 is 19.4 Å². The average molecular weight is 393 g/mol. The minimum atomic E-state index is -0.528. The van der Waals surface area contributed by atoms with E-state index in [0.717, 1.165) is 17.9 Å². The van der Waals surface area contributed by atoms with Gasteiger partial charge in [-0.15, -0.1) is 10.2 Å².